The van der Waals surface area contributed by atoms with Crippen LogP contribution in [-0.2, 0) is 0 Å². The zero-order valence-corrected chi connectivity index (χ0v) is 9.73. The van der Waals surface area contributed by atoms with Gasteiger partial charge >= 0.3 is 0 Å². The number of hydrogen-bond acceptors (Lipinski definition) is 7. The zero-order valence-electron chi connectivity index (χ0n) is 8.91. The van der Waals surface area contributed by atoms with E-state index < -0.39 is 0 Å². The lowest BCUT2D eigenvalue weighted by Crippen LogP contribution is -2.20. The second-order valence-electron chi connectivity index (χ2n) is 3.00. The quantitative estimate of drug-likeness (QED) is 0.841. The maximum Gasteiger partial charge on any atom is 0.237 e. The summed E-state index contributed by atoms with van der Waals surface area (Å²) >= 11 is 1.30. The first-order valence-corrected chi connectivity index (χ1v) is 5.49. The standard InChI is InChI=1S/C9H11N5OS/c1-10-7(6-5-16-14-13-6)8-9(15-2)12-4-3-11-8/h3-5,7,10H,1-2H3. The fraction of sp³-hybridized carbons (Fsp3) is 0.333. The maximum absolute atomic E-state index is 5.17. The molecule has 0 aliphatic rings. The summed E-state index contributed by atoms with van der Waals surface area (Å²) in [6.45, 7) is 0. The van der Waals surface area contributed by atoms with Crippen LogP contribution in [0.5, 0.6) is 5.88 Å². The summed E-state index contributed by atoms with van der Waals surface area (Å²) in [5.74, 6) is 0.495. The van der Waals surface area contributed by atoms with Gasteiger partial charge in [-0.3, -0.25) is 4.98 Å². The minimum Gasteiger partial charge on any atom is -0.480 e. The minimum atomic E-state index is -0.151. The minimum absolute atomic E-state index is 0.151. The molecule has 0 aliphatic heterocycles. The van der Waals surface area contributed by atoms with Crippen LogP contribution in [0.2, 0.25) is 0 Å². The number of nitrogens with zero attached hydrogens (tertiary/aromatic N) is 4. The average Bonchev–Trinajstić information content (AvgIpc) is 2.84. The largest absolute Gasteiger partial charge is 0.480 e. The fourth-order valence-corrected chi connectivity index (χ4v) is 1.89. The van der Waals surface area contributed by atoms with E-state index in [1.165, 1.54) is 11.5 Å². The summed E-state index contributed by atoms with van der Waals surface area (Å²) in [5.41, 5.74) is 1.52. The Hall–Kier alpha value is -1.60. The molecule has 16 heavy (non-hydrogen) atoms. The molecule has 2 aromatic heterocycles. The summed E-state index contributed by atoms with van der Waals surface area (Å²) in [5, 5.41) is 9.01. The van der Waals surface area contributed by atoms with Crippen LogP contribution in [0.25, 0.3) is 0 Å². The van der Waals surface area contributed by atoms with E-state index in [2.05, 4.69) is 24.9 Å². The maximum atomic E-state index is 5.17. The first-order valence-electron chi connectivity index (χ1n) is 4.66. The van der Waals surface area contributed by atoms with Gasteiger partial charge in [-0.2, -0.15) is 0 Å². The van der Waals surface area contributed by atoms with Gasteiger partial charge in [0.05, 0.1) is 12.8 Å². The summed E-state index contributed by atoms with van der Waals surface area (Å²) in [6, 6.07) is -0.151. The van der Waals surface area contributed by atoms with E-state index >= 15 is 0 Å². The van der Waals surface area contributed by atoms with E-state index in [9.17, 15) is 0 Å². The van der Waals surface area contributed by atoms with E-state index in [1.807, 2.05) is 12.4 Å². The molecular formula is C9H11N5OS. The molecule has 0 radical (unpaired) electrons. The molecule has 1 N–H and O–H groups in total. The topological polar surface area (TPSA) is 72.8 Å². The fourth-order valence-electron chi connectivity index (χ4n) is 1.41. The van der Waals surface area contributed by atoms with Crippen LogP contribution < -0.4 is 10.1 Å². The number of rotatable bonds is 4. The molecule has 0 aliphatic carbocycles. The molecule has 2 rings (SSSR count). The molecule has 0 aromatic carbocycles. The Morgan fingerprint density at radius 2 is 2.19 bits per heavy atom. The van der Waals surface area contributed by atoms with E-state index in [1.54, 1.807) is 19.5 Å². The van der Waals surface area contributed by atoms with E-state index in [-0.39, 0.29) is 6.04 Å². The molecule has 84 valence electrons. The number of ether oxygens (including phenoxy) is 1. The Labute approximate surface area is 96.9 Å². The third-order valence-electron chi connectivity index (χ3n) is 2.12. The Balaban J connectivity index is 2.41. The first-order chi connectivity index (χ1) is 7.86. The number of methoxy groups -OCH3 is 1. The summed E-state index contributed by atoms with van der Waals surface area (Å²) in [7, 11) is 3.40. The van der Waals surface area contributed by atoms with Crippen LogP contribution in [0.1, 0.15) is 17.4 Å². The molecule has 2 heterocycles. The van der Waals surface area contributed by atoms with Crippen molar-refractivity contribution in [3.05, 3.63) is 29.2 Å². The molecule has 0 saturated carbocycles. The molecule has 0 bridgehead atoms. The molecule has 0 amide bonds. The molecular weight excluding hydrogens is 226 g/mol. The van der Waals surface area contributed by atoms with Gasteiger partial charge in [-0.15, -0.1) is 5.10 Å². The van der Waals surface area contributed by atoms with Crippen molar-refractivity contribution in [2.24, 2.45) is 0 Å². The van der Waals surface area contributed by atoms with Crippen molar-refractivity contribution in [1.82, 2.24) is 24.9 Å². The zero-order chi connectivity index (χ0) is 11.4. The van der Waals surface area contributed by atoms with Gasteiger partial charge in [0.25, 0.3) is 0 Å². The van der Waals surface area contributed by atoms with Crippen molar-refractivity contribution in [1.29, 1.82) is 0 Å². The van der Waals surface area contributed by atoms with Gasteiger partial charge in [-0.25, -0.2) is 4.98 Å². The average molecular weight is 237 g/mol. The smallest absolute Gasteiger partial charge is 0.237 e. The van der Waals surface area contributed by atoms with Crippen molar-refractivity contribution in [2.45, 2.75) is 6.04 Å². The van der Waals surface area contributed by atoms with Crippen molar-refractivity contribution >= 4 is 11.5 Å². The lowest BCUT2D eigenvalue weighted by Gasteiger charge is -2.14. The third-order valence-corrected chi connectivity index (χ3v) is 2.64. The van der Waals surface area contributed by atoms with Gasteiger partial charge in [0.1, 0.15) is 11.7 Å². The van der Waals surface area contributed by atoms with Crippen LogP contribution in [0.4, 0.5) is 0 Å². The monoisotopic (exact) mass is 237 g/mol. The van der Waals surface area contributed by atoms with Gasteiger partial charge in [0.2, 0.25) is 5.88 Å². The van der Waals surface area contributed by atoms with Gasteiger partial charge in [-0.1, -0.05) is 4.49 Å². The highest BCUT2D eigenvalue weighted by atomic mass is 32.1. The lowest BCUT2D eigenvalue weighted by molar-refractivity contribution is 0.383. The summed E-state index contributed by atoms with van der Waals surface area (Å²) in [4.78, 5) is 8.37. The van der Waals surface area contributed by atoms with Gasteiger partial charge in [0.15, 0.2) is 0 Å². The number of nitrogens with one attached hydrogen (secondary N) is 1. The van der Waals surface area contributed by atoms with E-state index in [0.717, 1.165) is 5.69 Å². The predicted molar refractivity (Wildman–Crippen MR) is 59.4 cm³/mol. The molecule has 1 atom stereocenters. The van der Waals surface area contributed by atoms with Gasteiger partial charge in [0, 0.05) is 17.8 Å². The highest BCUT2D eigenvalue weighted by Gasteiger charge is 2.20. The first kappa shape index (κ1) is 10.9. The Kier molecular flexibility index (Phi) is 3.37. The molecule has 2 aromatic rings. The van der Waals surface area contributed by atoms with Crippen molar-refractivity contribution in [2.75, 3.05) is 14.2 Å². The van der Waals surface area contributed by atoms with Crippen LogP contribution in [0.15, 0.2) is 17.8 Å². The highest BCUT2D eigenvalue weighted by Crippen LogP contribution is 2.24. The Bertz CT molecular complexity index is 447. The lowest BCUT2D eigenvalue weighted by atomic mass is 10.1. The number of hydrogen-bond donors (Lipinski definition) is 1. The van der Waals surface area contributed by atoms with Crippen LogP contribution in [0.3, 0.4) is 0 Å². The molecule has 1 unspecified atom stereocenters. The van der Waals surface area contributed by atoms with Crippen LogP contribution in [-0.4, -0.2) is 33.7 Å². The summed E-state index contributed by atoms with van der Waals surface area (Å²) < 4.78 is 9.00. The van der Waals surface area contributed by atoms with E-state index in [4.69, 9.17) is 4.74 Å². The molecule has 6 nitrogen and oxygen atoms in total. The van der Waals surface area contributed by atoms with Crippen molar-refractivity contribution in [3.8, 4) is 5.88 Å². The Morgan fingerprint density at radius 3 is 2.81 bits per heavy atom. The summed E-state index contributed by atoms with van der Waals surface area (Å²) in [6.07, 6.45) is 3.22. The molecule has 0 saturated heterocycles. The van der Waals surface area contributed by atoms with Gasteiger partial charge < -0.3 is 10.1 Å². The normalized spacial score (nSPS) is 12.4. The SMILES string of the molecule is CNC(c1csnn1)c1nccnc1OC. The second kappa shape index (κ2) is 4.95. The third kappa shape index (κ3) is 2.00. The number of aromatic nitrogens is 4. The van der Waals surface area contributed by atoms with Crippen molar-refractivity contribution in [3.63, 3.8) is 0 Å². The Morgan fingerprint density at radius 1 is 1.38 bits per heavy atom. The molecule has 0 spiro atoms. The van der Waals surface area contributed by atoms with Crippen LogP contribution in [0, 0.1) is 0 Å². The second-order valence-corrected chi connectivity index (χ2v) is 3.61. The molecule has 0 fully saturated rings. The van der Waals surface area contributed by atoms with Crippen LogP contribution >= 0.6 is 11.5 Å². The van der Waals surface area contributed by atoms with Crippen molar-refractivity contribution < 1.29 is 4.74 Å². The molecule has 7 heteroatoms. The predicted octanol–water partition coefficient (Wildman–Crippen LogP) is 0.645. The van der Waals surface area contributed by atoms with Gasteiger partial charge in [-0.05, 0) is 18.6 Å². The van der Waals surface area contributed by atoms with E-state index in [0.29, 0.717) is 11.6 Å². The highest BCUT2D eigenvalue weighted by molar-refractivity contribution is 7.03.